The average molecular weight is 287 g/mol. The molecular formula is C15H21N5O. The molecule has 21 heavy (non-hydrogen) atoms. The quantitative estimate of drug-likeness (QED) is 0.875. The summed E-state index contributed by atoms with van der Waals surface area (Å²) in [5.74, 6) is 0.636. The van der Waals surface area contributed by atoms with Crippen LogP contribution in [0, 0.1) is 0 Å². The molecule has 6 nitrogen and oxygen atoms in total. The molecule has 0 atom stereocenters. The van der Waals surface area contributed by atoms with Crippen molar-refractivity contribution in [2.75, 3.05) is 32.1 Å². The van der Waals surface area contributed by atoms with Gasteiger partial charge in [-0.3, -0.25) is 14.7 Å². The monoisotopic (exact) mass is 287 g/mol. The first-order valence-corrected chi connectivity index (χ1v) is 7.27. The van der Waals surface area contributed by atoms with Gasteiger partial charge in [-0.15, -0.1) is 0 Å². The van der Waals surface area contributed by atoms with E-state index >= 15 is 0 Å². The topological polar surface area (TPSA) is 68.0 Å². The van der Waals surface area contributed by atoms with Crippen LogP contribution >= 0.6 is 0 Å². The first-order valence-electron chi connectivity index (χ1n) is 7.27. The number of fused-ring (bicyclic) bond motifs is 1. The van der Waals surface area contributed by atoms with Crippen LogP contribution in [0.3, 0.4) is 0 Å². The van der Waals surface area contributed by atoms with Crippen molar-refractivity contribution in [1.82, 2.24) is 19.9 Å². The molecule has 112 valence electrons. The highest BCUT2D eigenvalue weighted by atomic mass is 16.1. The van der Waals surface area contributed by atoms with Gasteiger partial charge in [0, 0.05) is 57.6 Å². The maximum atomic E-state index is 12.2. The van der Waals surface area contributed by atoms with Crippen molar-refractivity contribution in [3.63, 3.8) is 0 Å². The van der Waals surface area contributed by atoms with E-state index in [-0.39, 0.29) is 5.56 Å². The van der Waals surface area contributed by atoms with Gasteiger partial charge >= 0.3 is 0 Å². The number of nitrogens with zero attached hydrogens (tertiary/aromatic N) is 3. The van der Waals surface area contributed by atoms with Gasteiger partial charge in [0.1, 0.15) is 0 Å². The molecule has 0 spiro atoms. The number of H-pyrrole nitrogens is 2. The summed E-state index contributed by atoms with van der Waals surface area (Å²) in [6.07, 6.45) is 3.52. The second kappa shape index (κ2) is 5.73. The fraction of sp³-hybridized carbons (Fsp3) is 0.467. The van der Waals surface area contributed by atoms with Gasteiger partial charge in [-0.2, -0.15) is 0 Å². The highest BCUT2D eigenvalue weighted by Crippen LogP contribution is 2.14. The number of nitrogens with one attached hydrogen (secondary N) is 2. The molecule has 3 heterocycles. The fourth-order valence-corrected chi connectivity index (χ4v) is 2.72. The molecule has 0 bridgehead atoms. The number of hydrogen-bond donors (Lipinski definition) is 2. The summed E-state index contributed by atoms with van der Waals surface area (Å²) in [6, 6.07) is 4.10. The molecular weight excluding hydrogens is 266 g/mol. The Kier molecular flexibility index (Phi) is 3.79. The van der Waals surface area contributed by atoms with E-state index in [1.54, 1.807) is 0 Å². The smallest absolute Gasteiger partial charge is 0.255 e. The lowest BCUT2D eigenvalue weighted by atomic mass is 10.1. The maximum absolute atomic E-state index is 12.2. The summed E-state index contributed by atoms with van der Waals surface area (Å²) >= 11 is 0. The van der Waals surface area contributed by atoms with Crippen molar-refractivity contribution in [2.45, 2.75) is 19.4 Å². The van der Waals surface area contributed by atoms with Gasteiger partial charge in [0.2, 0.25) is 5.95 Å². The van der Waals surface area contributed by atoms with Gasteiger partial charge in [-0.05, 0) is 18.6 Å². The van der Waals surface area contributed by atoms with Crippen LogP contribution in [0.4, 0.5) is 5.95 Å². The van der Waals surface area contributed by atoms with Crippen LogP contribution < -0.4 is 10.5 Å². The zero-order valence-electron chi connectivity index (χ0n) is 12.5. The van der Waals surface area contributed by atoms with E-state index in [1.165, 1.54) is 5.69 Å². The van der Waals surface area contributed by atoms with E-state index in [2.05, 4.69) is 25.9 Å². The maximum Gasteiger partial charge on any atom is 0.255 e. The van der Waals surface area contributed by atoms with E-state index in [0.717, 1.165) is 43.7 Å². The summed E-state index contributed by atoms with van der Waals surface area (Å²) < 4.78 is 0. The summed E-state index contributed by atoms with van der Waals surface area (Å²) in [5.41, 5.74) is 2.99. The van der Waals surface area contributed by atoms with Crippen molar-refractivity contribution in [1.29, 1.82) is 0 Å². The first-order chi connectivity index (χ1) is 10.1. The van der Waals surface area contributed by atoms with Gasteiger partial charge in [0.15, 0.2) is 0 Å². The summed E-state index contributed by atoms with van der Waals surface area (Å²) in [4.78, 5) is 27.1. The highest BCUT2D eigenvalue weighted by molar-refractivity contribution is 5.32. The van der Waals surface area contributed by atoms with Crippen LogP contribution in [-0.4, -0.2) is 47.0 Å². The number of rotatable bonds is 3. The van der Waals surface area contributed by atoms with Crippen molar-refractivity contribution < 1.29 is 0 Å². The minimum absolute atomic E-state index is 0.00502. The zero-order chi connectivity index (χ0) is 14.8. The Labute approximate surface area is 123 Å². The SMILES string of the molecule is CN(C)c1nc2c(c(=O)[nH]1)CCN(Cc1ccc[nH]1)CC2. The molecule has 0 aromatic carbocycles. The van der Waals surface area contributed by atoms with E-state index in [4.69, 9.17) is 0 Å². The number of aromatic amines is 2. The van der Waals surface area contributed by atoms with E-state index < -0.39 is 0 Å². The Morgan fingerprint density at radius 1 is 1.33 bits per heavy atom. The molecule has 0 fully saturated rings. The van der Waals surface area contributed by atoms with E-state index in [9.17, 15) is 4.79 Å². The lowest BCUT2D eigenvalue weighted by Gasteiger charge is -2.18. The predicted molar refractivity (Wildman–Crippen MR) is 82.7 cm³/mol. The van der Waals surface area contributed by atoms with Gasteiger partial charge in [0.05, 0.1) is 5.69 Å². The second-order valence-corrected chi connectivity index (χ2v) is 5.68. The summed E-state index contributed by atoms with van der Waals surface area (Å²) in [5, 5.41) is 0. The standard InChI is InChI=1S/C15H21N5O/c1-19(2)15-17-13-6-9-20(10-11-4-3-7-16-11)8-5-12(13)14(21)18-15/h3-4,7,16H,5-6,8-10H2,1-2H3,(H,17,18,21). The molecule has 0 unspecified atom stereocenters. The van der Waals surface area contributed by atoms with Crippen LogP contribution in [0.15, 0.2) is 23.1 Å². The molecule has 1 aliphatic heterocycles. The second-order valence-electron chi connectivity index (χ2n) is 5.68. The minimum Gasteiger partial charge on any atom is -0.364 e. The Balaban J connectivity index is 1.79. The largest absolute Gasteiger partial charge is 0.364 e. The molecule has 2 aromatic rings. The molecule has 2 aromatic heterocycles. The fourth-order valence-electron chi connectivity index (χ4n) is 2.72. The predicted octanol–water partition coefficient (Wildman–Crippen LogP) is 0.765. The third-order valence-electron chi connectivity index (χ3n) is 3.91. The third-order valence-corrected chi connectivity index (χ3v) is 3.91. The molecule has 0 aliphatic carbocycles. The molecule has 0 amide bonds. The molecule has 0 saturated heterocycles. The Morgan fingerprint density at radius 2 is 2.14 bits per heavy atom. The van der Waals surface area contributed by atoms with Crippen LogP contribution in [0.5, 0.6) is 0 Å². The number of aromatic nitrogens is 3. The molecule has 0 radical (unpaired) electrons. The lowest BCUT2D eigenvalue weighted by Crippen LogP contribution is -2.26. The molecule has 3 rings (SSSR count). The summed E-state index contributed by atoms with van der Waals surface area (Å²) in [6.45, 7) is 2.70. The molecule has 2 N–H and O–H groups in total. The minimum atomic E-state index is 0.00502. The number of hydrogen-bond acceptors (Lipinski definition) is 4. The highest BCUT2D eigenvalue weighted by Gasteiger charge is 2.19. The molecule has 6 heteroatoms. The Hall–Kier alpha value is -2.08. The lowest BCUT2D eigenvalue weighted by molar-refractivity contribution is 0.276. The van der Waals surface area contributed by atoms with Crippen LogP contribution in [0.1, 0.15) is 17.0 Å². The first kappa shape index (κ1) is 13.9. The van der Waals surface area contributed by atoms with E-state index in [1.807, 2.05) is 31.3 Å². The Bertz CT molecular complexity index is 659. The van der Waals surface area contributed by atoms with Crippen molar-refractivity contribution in [3.05, 3.63) is 45.6 Å². The number of anilines is 1. The van der Waals surface area contributed by atoms with E-state index in [0.29, 0.717) is 5.95 Å². The van der Waals surface area contributed by atoms with Gasteiger partial charge < -0.3 is 9.88 Å². The van der Waals surface area contributed by atoms with Crippen molar-refractivity contribution >= 4 is 5.95 Å². The van der Waals surface area contributed by atoms with Crippen LogP contribution in [0.2, 0.25) is 0 Å². The van der Waals surface area contributed by atoms with Gasteiger partial charge in [-0.1, -0.05) is 0 Å². The van der Waals surface area contributed by atoms with Gasteiger partial charge in [-0.25, -0.2) is 4.98 Å². The van der Waals surface area contributed by atoms with Crippen molar-refractivity contribution in [3.8, 4) is 0 Å². The molecule has 0 saturated carbocycles. The normalized spacial score (nSPS) is 15.5. The van der Waals surface area contributed by atoms with Crippen molar-refractivity contribution in [2.24, 2.45) is 0 Å². The molecule has 1 aliphatic rings. The summed E-state index contributed by atoms with van der Waals surface area (Å²) in [7, 11) is 3.78. The average Bonchev–Trinajstić information content (AvgIpc) is 2.86. The third kappa shape index (κ3) is 3.00. The van der Waals surface area contributed by atoms with Gasteiger partial charge in [0.25, 0.3) is 5.56 Å². The van der Waals surface area contributed by atoms with Crippen LogP contribution in [0.25, 0.3) is 0 Å². The zero-order valence-corrected chi connectivity index (χ0v) is 12.5. The van der Waals surface area contributed by atoms with Crippen LogP contribution in [-0.2, 0) is 19.4 Å². The Morgan fingerprint density at radius 3 is 2.86 bits per heavy atom.